The Morgan fingerprint density at radius 2 is 1.44 bits per heavy atom. The van der Waals surface area contributed by atoms with Crippen LogP contribution in [-0.2, 0) is 0 Å². The maximum Gasteiger partial charge on any atom is 0.573 e. The summed E-state index contributed by atoms with van der Waals surface area (Å²) in [6, 6.07) is 7.95. The summed E-state index contributed by atoms with van der Waals surface area (Å²) in [5, 5.41) is 0.886. The molecule has 0 spiro atoms. The van der Waals surface area contributed by atoms with Gasteiger partial charge < -0.3 is 28.7 Å². The smallest absolute Gasteiger partial charge is 0.494 e. The van der Waals surface area contributed by atoms with Gasteiger partial charge in [0.05, 0.1) is 32.5 Å². The van der Waals surface area contributed by atoms with Gasteiger partial charge in [-0.2, -0.15) is 0 Å². The van der Waals surface area contributed by atoms with Crippen molar-refractivity contribution in [1.29, 1.82) is 0 Å². The highest BCUT2D eigenvalue weighted by Gasteiger charge is 2.32. The molecule has 0 N–H and O–H groups in total. The number of piperazine rings is 1. The Hall–Kier alpha value is -3.63. The van der Waals surface area contributed by atoms with Crippen molar-refractivity contribution in [1.82, 2.24) is 9.97 Å². The molecule has 11 heteroatoms. The molecule has 5 rings (SSSR count). The first-order chi connectivity index (χ1) is 17.3. The zero-order valence-electron chi connectivity index (χ0n) is 20.3. The van der Waals surface area contributed by atoms with Gasteiger partial charge in [-0.05, 0) is 31.0 Å². The molecule has 0 bridgehead atoms. The van der Waals surface area contributed by atoms with Gasteiger partial charge in [0.15, 0.2) is 11.5 Å². The molecule has 1 saturated carbocycles. The number of benzene rings is 2. The lowest BCUT2D eigenvalue weighted by Crippen LogP contribution is -2.47. The SMILES string of the molecule is COc1cc2nc(C3CC3)nc(N3CCN(c4ccc(OC(F)(F)F)cc4OC)CC3)c2cc1OC. The van der Waals surface area contributed by atoms with Crippen LogP contribution >= 0.6 is 0 Å². The van der Waals surface area contributed by atoms with E-state index in [0.29, 0.717) is 55.0 Å². The Morgan fingerprint density at radius 1 is 0.806 bits per heavy atom. The number of methoxy groups -OCH3 is 3. The summed E-state index contributed by atoms with van der Waals surface area (Å²) < 4.78 is 58.2. The first-order valence-electron chi connectivity index (χ1n) is 11.7. The molecule has 2 aliphatic rings. The lowest BCUT2D eigenvalue weighted by atomic mass is 10.1. The fraction of sp³-hybridized carbons (Fsp3) is 0.440. The number of hydrogen-bond donors (Lipinski definition) is 0. The Bertz CT molecular complexity index is 1260. The second-order valence-corrected chi connectivity index (χ2v) is 8.76. The molecule has 2 fully saturated rings. The average molecular weight is 505 g/mol. The molecule has 0 unspecified atom stereocenters. The molecule has 2 aromatic carbocycles. The van der Waals surface area contributed by atoms with E-state index in [9.17, 15) is 13.2 Å². The molecule has 1 aromatic heterocycles. The quantitative estimate of drug-likeness (QED) is 0.456. The summed E-state index contributed by atoms with van der Waals surface area (Å²) >= 11 is 0. The van der Waals surface area contributed by atoms with E-state index in [1.165, 1.54) is 19.2 Å². The molecule has 0 radical (unpaired) electrons. The van der Waals surface area contributed by atoms with Gasteiger partial charge in [-0.25, -0.2) is 9.97 Å². The Balaban J connectivity index is 1.41. The van der Waals surface area contributed by atoms with Crippen LogP contribution in [0.2, 0.25) is 0 Å². The summed E-state index contributed by atoms with van der Waals surface area (Å²) in [4.78, 5) is 14.0. The largest absolute Gasteiger partial charge is 0.573 e. The Labute approximate surface area is 206 Å². The predicted octanol–water partition coefficient (Wildman–Crippen LogP) is 4.76. The third-order valence-corrected chi connectivity index (χ3v) is 6.45. The van der Waals surface area contributed by atoms with Gasteiger partial charge in [0.1, 0.15) is 23.1 Å². The van der Waals surface area contributed by atoms with Gasteiger partial charge in [-0.1, -0.05) is 0 Å². The minimum Gasteiger partial charge on any atom is -0.494 e. The van der Waals surface area contributed by atoms with E-state index in [1.54, 1.807) is 20.3 Å². The molecule has 0 atom stereocenters. The number of halogens is 3. The van der Waals surface area contributed by atoms with Crippen molar-refractivity contribution in [2.45, 2.75) is 25.1 Å². The van der Waals surface area contributed by atoms with Crippen LogP contribution in [0, 0.1) is 0 Å². The lowest BCUT2D eigenvalue weighted by molar-refractivity contribution is -0.274. The molecule has 1 aliphatic carbocycles. The molecule has 0 amide bonds. The standard InChI is InChI=1S/C25H27F3N4O4/c1-33-20-12-16(36-25(26,27)28)6-7-19(20)31-8-10-32(11-9-31)24-17-13-21(34-2)22(35-3)14-18(17)29-23(30-24)15-4-5-15/h6-7,12-15H,4-5,8-11H2,1-3H3. The fourth-order valence-corrected chi connectivity index (χ4v) is 4.50. The van der Waals surface area contributed by atoms with E-state index in [1.807, 2.05) is 12.1 Å². The second-order valence-electron chi connectivity index (χ2n) is 8.76. The number of alkyl halides is 3. The molecule has 1 saturated heterocycles. The average Bonchev–Trinajstić information content (AvgIpc) is 3.72. The lowest BCUT2D eigenvalue weighted by Gasteiger charge is -2.37. The molecule has 3 aromatic rings. The highest BCUT2D eigenvalue weighted by atomic mass is 19.4. The Kier molecular flexibility index (Phi) is 6.31. The highest BCUT2D eigenvalue weighted by molar-refractivity contribution is 5.92. The van der Waals surface area contributed by atoms with Gasteiger partial charge >= 0.3 is 6.36 Å². The normalized spacial score (nSPS) is 16.3. The minimum absolute atomic E-state index is 0.314. The monoisotopic (exact) mass is 504 g/mol. The maximum absolute atomic E-state index is 12.6. The van der Waals surface area contributed by atoms with Crippen molar-refractivity contribution in [3.8, 4) is 23.0 Å². The zero-order valence-corrected chi connectivity index (χ0v) is 20.3. The molecule has 1 aliphatic heterocycles. The second kappa shape index (κ2) is 9.44. The van der Waals surface area contributed by atoms with Crippen LogP contribution < -0.4 is 28.7 Å². The molecule has 2 heterocycles. The first-order valence-corrected chi connectivity index (χ1v) is 11.7. The predicted molar refractivity (Wildman–Crippen MR) is 129 cm³/mol. The first kappa shape index (κ1) is 24.1. The van der Waals surface area contributed by atoms with Gasteiger partial charge in [-0.3, -0.25) is 0 Å². The van der Waals surface area contributed by atoms with Crippen LogP contribution in [0.15, 0.2) is 30.3 Å². The minimum atomic E-state index is -4.76. The van der Waals surface area contributed by atoms with E-state index in [2.05, 4.69) is 14.5 Å². The van der Waals surface area contributed by atoms with Crippen LogP contribution in [0.3, 0.4) is 0 Å². The maximum atomic E-state index is 12.6. The van der Waals surface area contributed by atoms with Gasteiger partial charge in [0.2, 0.25) is 0 Å². The van der Waals surface area contributed by atoms with Crippen molar-refractivity contribution in [3.05, 3.63) is 36.2 Å². The van der Waals surface area contributed by atoms with Crippen LogP contribution in [0.5, 0.6) is 23.0 Å². The van der Waals surface area contributed by atoms with Crippen molar-refractivity contribution >= 4 is 22.4 Å². The van der Waals surface area contributed by atoms with Gasteiger partial charge in [0, 0.05) is 49.6 Å². The summed E-state index contributed by atoms with van der Waals surface area (Å²) in [7, 11) is 4.63. The number of nitrogens with zero attached hydrogens (tertiary/aromatic N) is 4. The van der Waals surface area contributed by atoms with E-state index >= 15 is 0 Å². The zero-order chi connectivity index (χ0) is 25.4. The van der Waals surface area contributed by atoms with Crippen molar-refractivity contribution in [3.63, 3.8) is 0 Å². The number of rotatable bonds is 7. The molecule has 192 valence electrons. The number of hydrogen-bond acceptors (Lipinski definition) is 8. The number of fused-ring (bicyclic) bond motifs is 1. The van der Waals surface area contributed by atoms with Crippen LogP contribution in [0.25, 0.3) is 10.9 Å². The summed E-state index contributed by atoms with van der Waals surface area (Å²) in [6.07, 6.45) is -2.59. The molecular formula is C25H27F3N4O4. The number of aromatic nitrogens is 2. The van der Waals surface area contributed by atoms with Crippen molar-refractivity contribution in [2.24, 2.45) is 0 Å². The Morgan fingerprint density at radius 3 is 2.06 bits per heavy atom. The van der Waals surface area contributed by atoms with E-state index in [4.69, 9.17) is 24.2 Å². The van der Waals surface area contributed by atoms with Gasteiger partial charge in [0.25, 0.3) is 0 Å². The summed E-state index contributed by atoms with van der Waals surface area (Å²) in [5.41, 5.74) is 1.52. The van der Waals surface area contributed by atoms with Crippen LogP contribution in [0.4, 0.5) is 24.7 Å². The van der Waals surface area contributed by atoms with E-state index < -0.39 is 6.36 Å². The summed E-state index contributed by atoms with van der Waals surface area (Å²) in [5.74, 6) is 3.31. The van der Waals surface area contributed by atoms with Crippen LogP contribution in [0.1, 0.15) is 24.6 Å². The van der Waals surface area contributed by atoms with Crippen molar-refractivity contribution in [2.75, 3.05) is 57.3 Å². The number of anilines is 2. The highest BCUT2D eigenvalue weighted by Crippen LogP contribution is 2.42. The summed E-state index contributed by atoms with van der Waals surface area (Å²) in [6.45, 7) is 2.59. The topological polar surface area (TPSA) is 69.2 Å². The number of ether oxygens (including phenoxy) is 4. The third-order valence-electron chi connectivity index (χ3n) is 6.45. The molecule has 36 heavy (non-hydrogen) atoms. The third kappa shape index (κ3) is 4.87. The van der Waals surface area contributed by atoms with Crippen LogP contribution in [-0.4, -0.2) is 63.8 Å². The van der Waals surface area contributed by atoms with Gasteiger partial charge in [-0.15, -0.1) is 13.2 Å². The molecular weight excluding hydrogens is 477 g/mol. The van der Waals surface area contributed by atoms with E-state index in [0.717, 1.165) is 35.4 Å². The molecule has 8 nitrogen and oxygen atoms in total. The fourth-order valence-electron chi connectivity index (χ4n) is 4.50. The van der Waals surface area contributed by atoms with Crippen molar-refractivity contribution < 1.29 is 32.1 Å². The van der Waals surface area contributed by atoms with E-state index in [-0.39, 0.29) is 5.75 Å².